The van der Waals surface area contributed by atoms with E-state index in [4.69, 9.17) is 15.2 Å². The van der Waals surface area contributed by atoms with E-state index in [0.29, 0.717) is 19.8 Å². The number of benzene rings is 1. The third-order valence-corrected chi connectivity index (χ3v) is 2.74. The van der Waals surface area contributed by atoms with Crippen molar-refractivity contribution in [2.24, 2.45) is 5.73 Å². The van der Waals surface area contributed by atoms with Gasteiger partial charge in [-0.1, -0.05) is 5.21 Å². The molecule has 0 saturated heterocycles. The Bertz CT molecular complexity index is 586. The third-order valence-electron chi connectivity index (χ3n) is 2.74. The maximum atomic E-state index is 6.01. The number of hydrogen-bond donors (Lipinski definition) is 1. The molecule has 2 N–H and O–H groups in total. The highest BCUT2D eigenvalue weighted by Gasteiger charge is 2.19. The average molecular weight is 248 g/mol. The lowest BCUT2D eigenvalue weighted by atomic mass is 10.1. The van der Waals surface area contributed by atoms with Gasteiger partial charge in [-0.3, -0.25) is 0 Å². The second-order valence-corrected chi connectivity index (χ2v) is 5.22. The molecule has 6 heteroatoms. The molecule has 96 valence electrons. The van der Waals surface area contributed by atoms with Crippen LogP contribution in [0.4, 0.5) is 0 Å². The molecule has 0 aliphatic carbocycles. The van der Waals surface area contributed by atoms with E-state index in [9.17, 15) is 0 Å². The minimum Gasteiger partial charge on any atom is -0.486 e. The molecule has 3 rings (SSSR count). The van der Waals surface area contributed by atoms with Crippen LogP contribution in [0.25, 0.3) is 11.0 Å². The standard InChI is InChI=1S/C12H16N4O2/c1-12(2,13)7-16-9-6-11-10(17-3-4-18-11)5-8(9)14-15-16/h5-6H,3-4,7,13H2,1-2H3. The van der Waals surface area contributed by atoms with Crippen molar-refractivity contribution in [2.45, 2.75) is 25.9 Å². The number of fused-ring (bicyclic) bond motifs is 2. The van der Waals surface area contributed by atoms with Crippen molar-refractivity contribution in [2.75, 3.05) is 13.2 Å². The van der Waals surface area contributed by atoms with Crippen molar-refractivity contribution < 1.29 is 9.47 Å². The quantitative estimate of drug-likeness (QED) is 0.856. The highest BCUT2D eigenvalue weighted by atomic mass is 16.6. The van der Waals surface area contributed by atoms with E-state index < -0.39 is 0 Å². The van der Waals surface area contributed by atoms with Gasteiger partial charge < -0.3 is 15.2 Å². The van der Waals surface area contributed by atoms with Crippen LogP contribution in [0.5, 0.6) is 11.5 Å². The normalized spacial score (nSPS) is 15.1. The van der Waals surface area contributed by atoms with Crippen LogP contribution in [0, 0.1) is 0 Å². The first-order chi connectivity index (χ1) is 8.53. The Morgan fingerprint density at radius 2 is 1.94 bits per heavy atom. The Morgan fingerprint density at radius 1 is 1.28 bits per heavy atom. The average Bonchev–Trinajstić information content (AvgIpc) is 2.67. The maximum absolute atomic E-state index is 6.01. The van der Waals surface area contributed by atoms with Crippen molar-refractivity contribution in [3.05, 3.63) is 12.1 Å². The SMILES string of the molecule is CC(C)(N)Cn1nnc2cc3c(cc21)OCCO3. The van der Waals surface area contributed by atoms with Crippen LogP contribution in [0.15, 0.2) is 12.1 Å². The molecule has 2 heterocycles. The molecule has 0 saturated carbocycles. The fourth-order valence-electron chi connectivity index (χ4n) is 2.01. The second-order valence-electron chi connectivity index (χ2n) is 5.22. The summed E-state index contributed by atoms with van der Waals surface area (Å²) in [6.07, 6.45) is 0. The molecule has 0 bridgehead atoms. The van der Waals surface area contributed by atoms with Crippen molar-refractivity contribution in [1.29, 1.82) is 0 Å². The van der Waals surface area contributed by atoms with E-state index >= 15 is 0 Å². The summed E-state index contributed by atoms with van der Waals surface area (Å²) >= 11 is 0. The largest absolute Gasteiger partial charge is 0.486 e. The molecule has 2 aromatic rings. The summed E-state index contributed by atoms with van der Waals surface area (Å²) in [4.78, 5) is 0. The van der Waals surface area contributed by atoms with Crippen molar-refractivity contribution in [3.63, 3.8) is 0 Å². The molecule has 1 aromatic carbocycles. The molecule has 1 aromatic heterocycles. The molecule has 18 heavy (non-hydrogen) atoms. The van der Waals surface area contributed by atoms with Crippen LogP contribution in [-0.4, -0.2) is 33.7 Å². The Morgan fingerprint density at radius 3 is 2.61 bits per heavy atom. The molecule has 0 radical (unpaired) electrons. The van der Waals surface area contributed by atoms with Crippen LogP contribution in [0.3, 0.4) is 0 Å². The Balaban J connectivity index is 2.07. The van der Waals surface area contributed by atoms with Gasteiger partial charge in [-0.05, 0) is 13.8 Å². The highest BCUT2D eigenvalue weighted by molar-refractivity contribution is 5.79. The first-order valence-corrected chi connectivity index (χ1v) is 5.95. The summed E-state index contributed by atoms with van der Waals surface area (Å²) in [6.45, 7) is 5.66. The summed E-state index contributed by atoms with van der Waals surface area (Å²) in [5.74, 6) is 1.47. The van der Waals surface area contributed by atoms with Crippen LogP contribution in [-0.2, 0) is 6.54 Å². The van der Waals surface area contributed by atoms with Gasteiger partial charge >= 0.3 is 0 Å². The summed E-state index contributed by atoms with van der Waals surface area (Å²) in [7, 11) is 0. The minimum atomic E-state index is -0.339. The van der Waals surface area contributed by atoms with E-state index in [1.54, 1.807) is 4.68 Å². The smallest absolute Gasteiger partial charge is 0.163 e. The number of rotatable bonds is 2. The van der Waals surface area contributed by atoms with Gasteiger partial charge in [0.2, 0.25) is 0 Å². The van der Waals surface area contributed by atoms with Gasteiger partial charge in [0.25, 0.3) is 0 Å². The van der Waals surface area contributed by atoms with Gasteiger partial charge in [0.05, 0.1) is 12.1 Å². The van der Waals surface area contributed by atoms with Crippen molar-refractivity contribution in [3.8, 4) is 11.5 Å². The maximum Gasteiger partial charge on any atom is 0.163 e. The number of ether oxygens (including phenoxy) is 2. The predicted octanol–water partition coefficient (Wildman–Crippen LogP) is 0.940. The Labute approximate surface area is 105 Å². The van der Waals surface area contributed by atoms with Crippen LogP contribution < -0.4 is 15.2 Å². The van der Waals surface area contributed by atoms with Gasteiger partial charge in [-0.15, -0.1) is 5.10 Å². The first-order valence-electron chi connectivity index (χ1n) is 5.95. The van der Waals surface area contributed by atoms with Gasteiger partial charge in [0, 0.05) is 17.7 Å². The zero-order valence-electron chi connectivity index (χ0n) is 10.5. The van der Waals surface area contributed by atoms with E-state index in [1.165, 1.54) is 0 Å². The van der Waals surface area contributed by atoms with E-state index in [0.717, 1.165) is 22.5 Å². The molecule has 0 atom stereocenters. The highest BCUT2D eigenvalue weighted by Crippen LogP contribution is 2.33. The zero-order chi connectivity index (χ0) is 12.8. The van der Waals surface area contributed by atoms with Gasteiger partial charge in [0.15, 0.2) is 11.5 Å². The zero-order valence-corrected chi connectivity index (χ0v) is 10.5. The molecular weight excluding hydrogens is 232 g/mol. The molecule has 6 nitrogen and oxygen atoms in total. The number of hydrogen-bond acceptors (Lipinski definition) is 5. The predicted molar refractivity (Wildman–Crippen MR) is 66.8 cm³/mol. The molecule has 1 aliphatic rings. The molecule has 0 fully saturated rings. The van der Waals surface area contributed by atoms with Crippen molar-refractivity contribution >= 4 is 11.0 Å². The fourth-order valence-corrected chi connectivity index (χ4v) is 2.01. The number of nitrogens with zero attached hydrogens (tertiary/aromatic N) is 3. The monoisotopic (exact) mass is 248 g/mol. The lowest BCUT2D eigenvalue weighted by molar-refractivity contribution is 0.172. The van der Waals surface area contributed by atoms with E-state index in [1.807, 2.05) is 26.0 Å². The fraction of sp³-hybridized carbons (Fsp3) is 0.500. The Hall–Kier alpha value is -1.82. The minimum absolute atomic E-state index is 0.339. The lowest BCUT2D eigenvalue weighted by Crippen LogP contribution is -2.37. The Kier molecular flexibility index (Phi) is 2.41. The molecule has 0 spiro atoms. The van der Waals surface area contributed by atoms with Gasteiger partial charge in [-0.25, -0.2) is 4.68 Å². The second kappa shape index (κ2) is 3.84. The topological polar surface area (TPSA) is 75.2 Å². The summed E-state index contributed by atoms with van der Waals surface area (Å²) in [5, 5.41) is 8.26. The molecule has 1 aliphatic heterocycles. The lowest BCUT2D eigenvalue weighted by Gasteiger charge is -2.20. The van der Waals surface area contributed by atoms with Gasteiger partial charge in [0.1, 0.15) is 18.7 Å². The third kappa shape index (κ3) is 1.99. The summed E-state index contributed by atoms with van der Waals surface area (Å²) in [5.41, 5.74) is 7.38. The summed E-state index contributed by atoms with van der Waals surface area (Å²) in [6, 6.07) is 3.77. The number of aromatic nitrogens is 3. The van der Waals surface area contributed by atoms with Gasteiger partial charge in [-0.2, -0.15) is 0 Å². The van der Waals surface area contributed by atoms with E-state index in [-0.39, 0.29) is 5.54 Å². The van der Waals surface area contributed by atoms with Crippen LogP contribution in [0.1, 0.15) is 13.8 Å². The summed E-state index contributed by atoms with van der Waals surface area (Å²) < 4.78 is 12.9. The molecular formula is C12H16N4O2. The molecule has 0 unspecified atom stereocenters. The number of nitrogens with two attached hydrogens (primary N) is 1. The van der Waals surface area contributed by atoms with Crippen molar-refractivity contribution in [1.82, 2.24) is 15.0 Å². The van der Waals surface area contributed by atoms with E-state index in [2.05, 4.69) is 10.3 Å². The first kappa shape index (κ1) is 11.3. The van der Waals surface area contributed by atoms with Crippen LogP contribution in [0.2, 0.25) is 0 Å². The van der Waals surface area contributed by atoms with Crippen LogP contribution >= 0.6 is 0 Å². The molecule has 0 amide bonds.